The Bertz CT molecular complexity index is 347. The molecule has 13 heavy (non-hydrogen) atoms. The number of aryl methyl sites for hydroxylation is 1. The van der Waals surface area contributed by atoms with Crippen LogP contribution in [0.4, 0.5) is 0 Å². The molecule has 0 unspecified atom stereocenters. The number of Topliss-reactive ketones (excluding diaryl/α,β-unsaturated/α-hetero) is 1. The van der Waals surface area contributed by atoms with Crippen LogP contribution in [0.5, 0.6) is 5.75 Å². The van der Waals surface area contributed by atoms with Gasteiger partial charge in [0.1, 0.15) is 5.75 Å². The number of carbonyl (C=O) groups is 1. The molecule has 0 fully saturated rings. The second kappa shape index (κ2) is 3.53. The molecule has 0 saturated heterocycles. The van der Waals surface area contributed by atoms with Gasteiger partial charge in [-0.25, -0.2) is 0 Å². The lowest BCUT2D eigenvalue weighted by molar-refractivity contribution is 0.101. The molecule has 0 aliphatic heterocycles. The third-order valence-corrected chi connectivity index (χ3v) is 1.84. The summed E-state index contributed by atoms with van der Waals surface area (Å²) in [6.45, 7) is 2.65. The predicted molar refractivity (Wildman–Crippen MR) is 46.6 cm³/mol. The molecule has 0 atom stereocenters. The second-order valence-corrected chi connectivity index (χ2v) is 2.81. The number of rotatable bonds is 2. The lowest BCUT2D eigenvalue weighted by atomic mass is 10.1. The lowest BCUT2D eigenvalue weighted by Crippen LogP contribution is -2.03. The summed E-state index contributed by atoms with van der Waals surface area (Å²) >= 11 is 0. The van der Waals surface area contributed by atoms with Crippen LogP contribution >= 0.6 is 0 Å². The Hall–Kier alpha value is -1.42. The number of aliphatic hydroxyl groups excluding tert-OH is 1. The summed E-state index contributed by atoms with van der Waals surface area (Å²) in [5.74, 6) is -0.411. The maximum absolute atomic E-state index is 11.1. The zero-order valence-corrected chi connectivity index (χ0v) is 7.53. The smallest absolute Gasteiger partial charge is 0.164 e. The minimum Gasteiger partial charge on any atom is -0.505 e. The SMILES string of the molecule is CC(=O)c1c(CO)cnc(C)c1O. The van der Waals surface area contributed by atoms with Crippen molar-refractivity contribution < 1.29 is 15.0 Å². The fourth-order valence-corrected chi connectivity index (χ4v) is 1.15. The molecular formula is C9H11NO3. The third-order valence-electron chi connectivity index (χ3n) is 1.84. The summed E-state index contributed by atoms with van der Waals surface area (Å²) in [4.78, 5) is 14.9. The largest absolute Gasteiger partial charge is 0.505 e. The molecule has 1 heterocycles. The monoisotopic (exact) mass is 181 g/mol. The summed E-state index contributed by atoms with van der Waals surface area (Å²) in [6, 6.07) is 0. The minimum absolute atomic E-state index is 0.140. The summed E-state index contributed by atoms with van der Waals surface area (Å²) in [6.07, 6.45) is 1.39. The molecule has 0 saturated carbocycles. The number of ketones is 1. The minimum atomic E-state index is -0.296. The highest BCUT2D eigenvalue weighted by molar-refractivity contribution is 5.98. The van der Waals surface area contributed by atoms with Gasteiger partial charge in [0.05, 0.1) is 17.9 Å². The average Bonchev–Trinajstić information content (AvgIpc) is 2.08. The molecule has 0 aliphatic carbocycles. The van der Waals surface area contributed by atoms with E-state index < -0.39 is 0 Å². The molecule has 0 aromatic carbocycles. The first-order valence-corrected chi connectivity index (χ1v) is 3.87. The van der Waals surface area contributed by atoms with Crippen molar-refractivity contribution in [1.29, 1.82) is 0 Å². The Kier molecular flexibility index (Phi) is 2.63. The van der Waals surface area contributed by atoms with Crippen molar-refractivity contribution in [2.45, 2.75) is 20.5 Å². The van der Waals surface area contributed by atoms with Gasteiger partial charge in [0.15, 0.2) is 5.78 Å². The van der Waals surface area contributed by atoms with Crippen LogP contribution in [0, 0.1) is 6.92 Å². The van der Waals surface area contributed by atoms with Gasteiger partial charge in [-0.05, 0) is 13.8 Å². The van der Waals surface area contributed by atoms with E-state index in [0.717, 1.165) is 0 Å². The van der Waals surface area contributed by atoms with E-state index in [2.05, 4.69) is 4.98 Å². The van der Waals surface area contributed by atoms with Crippen LogP contribution in [0.25, 0.3) is 0 Å². The third kappa shape index (κ3) is 1.67. The van der Waals surface area contributed by atoms with Crippen molar-refractivity contribution in [2.24, 2.45) is 0 Å². The van der Waals surface area contributed by atoms with E-state index >= 15 is 0 Å². The molecular weight excluding hydrogens is 170 g/mol. The Labute approximate surface area is 75.9 Å². The predicted octanol–water partition coefficient (Wildman–Crippen LogP) is 0.791. The fraction of sp³-hybridized carbons (Fsp3) is 0.333. The highest BCUT2D eigenvalue weighted by Gasteiger charge is 2.14. The Morgan fingerprint density at radius 1 is 1.62 bits per heavy atom. The maximum Gasteiger partial charge on any atom is 0.164 e. The Balaban J connectivity index is 3.41. The van der Waals surface area contributed by atoms with E-state index in [1.54, 1.807) is 6.92 Å². The zero-order chi connectivity index (χ0) is 10.0. The molecule has 2 N–H and O–H groups in total. The molecule has 1 aromatic rings. The van der Waals surface area contributed by atoms with Crippen molar-refractivity contribution in [3.05, 3.63) is 23.0 Å². The van der Waals surface area contributed by atoms with E-state index in [1.165, 1.54) is 13.1 Å². The maximum atomic E-state index is 11.1. The first-order valence-electron chi connectivity index (χ1n) is 3.87. The van der Waals surface area contributed by atoms with E-state index in [1.807, 2.05) is 0 Å². The van der Waals surface area contributed by atoms with E-state index in [0.29, 0.717) is 11.3 Å². The summed E-state index contributed by atoms with van der Waals surface area (Å²) in [7, 11) is 0. The van der Waals surface area contributed by atoms with Crippen LogP contribution in [0.2, 0.25) is 0 Å². The van der Waals surface area contributed by atoms with Gasteiger partial charge < -0.3 is 10.2 Å². The van der Waals surface area contributed by atoms with Gasteiger partial charge in [-0.2, -0.15) is 0 Å². The van der Waals surface area contributed by atoms with Crippen LogP contribution in [-0.2, 0) is 6.61 Å². The number of aromatic nitrogens is 1. The first kappa shape index (κ1) is 9.67. The van der Waals surface area contributed by atoms with E-state index in [-0.39, 0.29) is 23.7 Å². The number of nitrogens with zero attached hydrogens (tertiary/aromatic N) is 1. The van der Waals surface area contributed by atoms with Crippen molar-refractivity contribution in [2.75, 3.05) is 0 Å². The number of carbonyl (C=O) groups excluding carboxylic acids is 1. The summed E-state index contributed by atoms with van der Waals surface area (Å²) < 4.78 is 0. The normalized spacial score (nSPS) is 10.1. The summed E-state index contributed by atoms with van der Waals surface area (Å²) in [5.41, 5.74) is 0.910. The highest BCUT2D eigenvalue weighted by atomic mass is 16.3. The molecule has 4 heteroatoms. The molecule has 0 aliphatic rings. The topological polar surface area (TPSA) is 70.4 Å². The van der Waals surface area contributed by atoms with Crippen LogP contribution in [0.15, 0.2) is 6.20 Å². The number of hydrogen-bond acceptors (Lipinski definition) is 4. The van der Waals surface area contributed by atoms with Crippen LogP contribution in [-0.4, -0.2) is 21.0 Å². The number of aromatic hydroxyl groups is 1. The van der Waals surface area contributed by atoms with Gasteiger partial charge in [0, 0.05) is 11.8 Å². The Morgan fingerprint density at radius 2 is 2.23 bits per heavy atom. The molecule has 0 spiro atoms. The fourth-order valence-electron chi connectivity index (χ4n) is 1.15. The van der Waals surface area contributed by atoms with Crippen molar-refractivity contribution in [3.8, 4) is 5.75 Å². The molecule has 0 bridgehead atoms. The quantitative estimate of drug-likeness (QED) is 0.662. The first-order chi connectivity index (χ1) is 6.07. The number of hydrogen-bond donors (Lipinski definition) is 2. The molecule has 0 amide bonds. The van der Waals surface area contributed by atoms with E-state index in [4.69, 9.17) is 5.11 Å². The van der Waals surface area contributed by atoms with Crippen molar-refractivity contribution >= 4 is 5.78 Å². The summed E-state index contributed by atoms with van der Waals surface area (Å²) in [5, 5.41) is 18.4. The van der Waals surface area contributed by atoms with Gasteiger partial charge in [0.2, 0.25) is 0 Å². The van der Waals surface area contributed by atoms with E-state index in [9.17, 15) is 9.90 Å². The number of pyridine rings is 1. The molecule has 4 nitrogen and oxygen atoms in total. The molecule has 1 rings (SSSR count). The van der Waals surface area contributed by atoms with Gasteiger partial charge >= 0.3 is 0 Å². The van der Waals surface area contributed by atoms with Gasteiger partial charge in [-0.1, -0.05) is 0 Å². The van der Waals surface area contributed by atoms with Crippen LogP contribution < -0.4 is 0 Å². The second-order valence-electron chi connectivity index (χ2n) is 2.81. The van der Waals surface area contributed by atoms with Crippen molar-refractivity contribution in [1.82, 2.24) is 4.98 Å². The van der Waals surface area contributed by atoms with Gasteiger partial charge in [-0.15, -0.1) is 0 Å². The lowest BCUT2D eigenvalue weighted by Gasteiger charge is -2.07. The molecule has 1 aromatic heterocycles. The highest BCUT2D eigenvalue weighted by Crippen LogP contribution is 2.23. The van der Waals surface area contributed by atoms with Crippen LogP contribution in [0.1, 0.15) is 28.5 Å². The number of aliphatic hydroxyl groups is 1. The zero-order valence-electron chi connectivity index (χ0n) is 7.53. The Morgan fingerprint density at radius 3 is 2.69 bits per heavy atom. The average molecular weight is 181 g/mol. The van der Waals surface area contributed by atoms with Crippen LogP contribution in [0.3, 0.4) is 0 Å². The van der Waals surface area contributed by atoms with Crippen molar-refractivity contribution in [3.63, 3.8) is 0 Å². The standard InChI is InChI=1S/C9H11NO3/c1-5-9(13)8(6(2)12)7(4-11)3-10-5/h3,11,13H,4H2,1-2H3. The van der Waals surface area contributed by atoms with Gasteiger partial charge in [-0.3, -0.25) is 9.78 Å². The molecule has 70 valence electrons. The molecule has 0 radical (unpaired) electrons. The van der Waals surface area contributed by atoms with Gasteiger partial charge in [0.25, 0.3) is 0 Å².